The zero-order chi connectivity index (χ0) is 42.0. The van der Waals surface area contributed by atoms with E-state index in [4.69, 9.17) is 26.1 Å². The maximum Gasteiger partial charge on any atom is 0.259 e. The molecule has 5 atom stereocenters. The molecule has 1 aliphatic heterocycles. The molecule has 3 aromatic heterocycles. The number of anilines is 1. The Bertz CT molecular complexity index is 2620. The summed E-state index contributed by atoms with van der Waals surface area (Å²) in [7, 11) is -2.36. The molecule has 0 bridgehead atoms. The fourth-order valence-electron chi connectivity index (χ4n) is 7.77. The van der Waals surface area contributed by atoms with Crippen LogP contribution in [0.4, 0.5) is 5.13 Å². The average Bonchev–Trinajstić information content (AvgIpc) is 4.05. The van der Waals surface area contributed by atoms with Gasteiger partial charge in [-0.1, -0.05) is 56.6 Å². The molecule has 2 saturated carbocycles. The number of thiophene rings is 1. The van der Waals surface area contributed by atoms with Gasteiger partial charge < -0.3 is 25.0 Å². The first-order valence-electron chi connectivity index (χ1n) is 19.3. The number of amides is 3. The van der Waals surface area contributed by atoms with Gasteiger partial charge in [-0.3, -0.25) is 19.1 Å². The first kappa shape index (κ1) is 41.0. The topological polar surface area (TPSA) is 169 Å². The van der Waals surface area contributed by atoms with Crippen molar-refractivity contribution < 1.29 is 32.3 Å². The molecule has 2 aromatic carbocycles. The largest absolute Gasteiger partial charge is 0.494 e. The van der Waals surface area contributed by atoms with Crippen LogP contribution in [-0.2, 0) is 24.4 Å². The highest BCUT2D eigenvalue weighted by molar-refractivity contribution is 7.91. The molecule has 0 spiro atoms. The van der Waals surface area contributed by atoms with Crippen molar-refractivity contribution in [2.45, 2.75) is 82.4 Å². The van der Waals surface area contributed by atoms with Gasteiger partial charge in [-0.05, 0) is 66.8 Å². The Morgan fingerprint density at radius 2 is 1.88 bits per heavy atom. The van der Waals surface area contributed by atoms with Crippen LogP contribution in [-0.4, -0.2) is 83.6 Å². The van der Waals surface area contributed by atoms with Crippen LogP contribution in [0.2, 0.25) is 5.02 Å². The quantitative estimate of drug-likeness (QED) is 0.104. The van der Waals surface area contributed by atoms with Crippen molar-refractivity contribution in [3.63, 3.8) is 0 Å². The number of hydrogen-bond acceptors (Lipinski definition) is 12. The molecule has 0 unspecified atom stereocenters. The fourth-order valence-corrected chi connectivity index (χ4v) is 11.3. The van der Waals surface area contributed by atoms with Gasteiger partial charge in [-0.25, -0.2) is 18.4 Å². The molecule has 17 heteroatoms. The van der Waals surface area contributed by atoms with Crippen molar-refractivity contribution in [3.8, 4) is 22.2 Å². The number of likely N-dealkylation sites (tertiary alicyclic amines) is 1. The minimum Gasteiger partial charge on any atom is -0.494 e. The molecule has 8 rings (SSSR count). The number of carbonyl (C=O) groups is 3. The maximum atomic E-state index is 15.0. The number of sulfonamides is 1. The summed E-state index contributed by atoms with van der Waals surface area (Å²) >= 11 is 9.46. The van der Waals surface area contributed by atoms with Gasteiger partial charge in [0.2, 0.25) is 27.7 Å². The van der Waals surface area contributed by atoms with E-state index in [9.17, 15) is 22.8 Å². The van der Waals surface area contributed by atoms with E-state index in [-0.39, 0.29) is 31.2 Å². The second-order valence-corrected chi connectivity index (χ2v) is 20.8. The van der Waals surface area contributed by atoms with E-state index in [0.29, 0.717) is 39.5 Å². The first-order valence-corrected chi connectivity index (χ1v) is 23.0. The summed E-state index contributed by atoms with van der Waals surface area (Å²) in [5, 5.41) is 11.1. The molecule has 59 heavy (non-hydrogen) atoms. The Morgan fingerprint density at radius 3 is 2.56 bits per heavy atom. The van der Waals surface area contributed by atoms with Crippen molar-refractivity contribution in [3.05, 3.63) is 77.3 Å². The Balaban J connectivity index is 1.10. The number of halogens is 1. The third-order valence-corrected chi connectivity index (χ3v) is 15.5. The van der Waals surface area contributed by atoms with Crippen LogP contribution in [0.1, 0.15) is 52.0 Å². The molecule has 3 amide bonds. The predicted octanol–water partition coefficient (Wildman–Crippen LogP) is 7.09. The molecule has 1 saturated heterocycles. The lowest BCUT2D eigenvalue weighted by atomic mass is 9.85. The lowest BCUT2D eigenvalue weighted by Crippen LogP contribution is -2.58. The van der Waals surface area contributed by atoms with Gasteiger partial charge in [-0.15, -0.1) is 29.3 Å². The molecule has 2 aliphatic carbocycles. The Labute approximate surface area is 355 Å². The summed E-state index contributed by atoms with van der Waals surface area (Å²) in [4.78, 5) is 55.1. The van der Waals surface area contributed by atoms with Crippen molar-refractivity contribution >= 4 is 88.0 Å². The standard InChI is InChI=1S/C42H45ClN6O7S3/c1-7-23-18-42(23,39(52)48-59(53,54)26-13-14-26)47-36(50)31-17-25(56-37-29-16-24(43)12-15-28(29)32(55-6)19-44-37)20-49(31)38(51)35(41(3,4)5)46-40-45-30(21-57-40)34-22(2)27-10-8-9-11-33(27)58-34/h7-12,15-16,19,21,23,25-26,31,35H,1,13-14,17-18,20H2,2-6H3,(H,45,46)(H,47,50)(H,48,52)/t23-,25-,31+,35-,42-/m1/s1. The number of fused-ring (bicyclic) bond motifs is 2. The molecular formula is C42H45ClN6O7S3. The Hall–Kier alpha value is -4.77. The smallest absolute Gasteiger partial charge is 0.259 e. The summed E-state index contributed by atoms with van der Waals surface area (Å²) < 4.78 is 41.0. The van der Waals surface area contributed by atoms with E-state index in [1.165, 1.54) is 41.0 Å². The van der Waals surface area contributed by atoms with E-state index in [0.717, 1.165) is 20.8 Å². The third kappa shape index (κ3) is 7.87. The highest BCUT2D eigenvalue weighted by atomic mass is 35.5. The number of hydrogen-bond donors (Lipinski definition) is 3. The molecule has 3 aliphatic rings. The zero-order valence-electron chi connectivity index (χ0n) is 33.2. The zero-order valence-corrected chi connectivity index (χ0v) is 36.4. The number of thiazole rings is 1. The SMILES string of the molecule is C=C[C@@H]1C[C@]1(NC(=O)[C@@H]1C[C@@H](Oc2ncc(OC)c3ccc(Cl)cc23)CN1C(=O)[C@@H](Nc1nc(-c2sc3ccccc3c2C)cs1)C(C)(C)C)C(=O)NS(=O)(=O)C1CC1. The first-order chi connectivity index (χ1) is 28.0. The van der Waals surface area contributed by atoms with Crippen LogP contribution in [0.5, 0.6) is 11.6 Å². The van der Waals surface area contributed by atoms with Crippen LogP contribution in [0.15, 0.2) is 66.7 Å². The second kappa shape index (κ2) is 15.4. The van der Waals surface area contributed by atoms with Gasteiger partial charge in [0.15, 0.2) is 5.13 Å². The number of nitrogens with zero attached hydrogens (tertiary/aromatic N) is 3. The molecule has 3 N–H and O–H groups in total. The Morgan fingerprint density at radius 1 is 1.12 bits per heavy atom. The van der Waals surface area contributed by atoms with E-state index in [2.05, 4.69) is 46.0 Å². The van der Waals surface area contributed by atoms with Gasteiger partial charge in [0.25, 0.3) is 5.91 Å². The molecule has 4 heterocycles. The van der Waals surface area contributed by atoms with E-state index >= 15 is 0 Å². The van der Waals surface area contributed by atoms with Gasteiger partial charge in [0, 0.05) is 38.2 Å². The van der Waals surface area contributed by atoms with E-state index in [1.807, 2.05) is 38.3 Å². The predicted molar refractivity (Wildman–Crippen MR) is 232 cm³/mol. The fraction of sp³-hybridized carbons (Fsp3) is 0.405. The van der Waals surface area contributed by atoms with Crippen molar-refractivity contribution in [1.82, 2.24) is 24.9 Å². The number of methoxy groups -OCH3 is 1. The lowest BCUT2D eigenvalue weighted by molar-refractivity contribution is -0.141. The summed E-state index contributed by atoms with van der Waals surface area (Å²) in [6.07, 6.45) is 3.50. The van der Waals surface area contributed by atoms with E-state index < -0.39 is 62.1 Å². The highest BCUT2D eigenvalue weighted by Crippen LogP contribution is 2.46. The van der Waals surface area contributed by atoms with Crippen LogP contribution < -0.4 is 24.8 Å². The van der Waals surface area contributed by atoms with Crippen LogP contribution in [0.25, 0.3) is 31.4 Å². The molecular weight excluding hydrogens is 832 g/mol. The van der Waals surface area contributed by atoms with Gasteiger partial charge in [0.05, 0.1) is 35.7 Å². The van der Waals surface area contributed by atoms with Crippen molar-refractivity contribution in [2.24, 2.45) is 11.3 Å². The molecule has 13 nitrogen and oxygen atoms in total. The molecule has 5 aromatic rings. The van der Waals surface area contributed by atoms with Crippen LogP contribution >= 0.6 is 34.3 Å². The number of carbonyl (C=O) groups excluding carboxylic acids is 3. The van der Waals surface area contributed by atoms with Gasteiger partial charge in [-0.2, -0.15) is 0 Å². The summed E-state index contributed by atoms with van der Waals surface area (Å²) in [6, 6.07) is 11.5. The van der Waals surface area contributed by atoms with Gasteiger partial charge in [0.1, 0.15) is 29.5 Å². The summed E-state index contributed by atoms with van der Waals surface area (Å²) in [5.41, 5.74) is -0.266. The van der Waals surface area contributed by atoms with Gasteiger partial charge >= 0.3 is 0 Å². The number of aromatic nitrogens is 2. The number of nitrogens with one attached hydrogen (secondary N) is 3. The monoisotopic (exact) mass is 876 g/mol. The Kier molecular flexibility index (Phi) is 10.7. The minimum atomic E-state index is -3.90. The number of aryl methyl sites for hydroxylation is 1. The molecule has 0 radical (unpaired) electrons. The number of benzene rings is 2. The van der Waals surface area contributed by atoms with Crippen LogP contribution in [0, 0.1) is 18.3 Å². The maximum absolute atomic E-state index is 15.0. The number of pyridine rings is 1. The lowest BCUT2D eigenvalue weighted by Gasteiger charge is -2.35. The number of ether oxygens (including phenoxy) is 2. The van der Waals surface area contributed by atoms with Crippen molar-refractivity contribution in [2.75, 3.05) is 19.0 Å². The second-order valence-electron chi connectivity index (χ2n) is 16.5. The van der Waals surface area contributed by atoms with Crippen molar-refractivity contribution in [1.29, 1.82) is 0 Å². The average molecular weight is 878 g/mol. The summed E-state index contributed by atoms with van der Waals surface area (Å²) in [5.74, 6) is -1.56. The highest BCUT2D eigenvalue weighted by Gasteiger charge is 2.62. The molecule has 310 valence electrons. The normalized spacial score (nSPS) is 22.2. The molecule has 3 fully saturated rings. The summed E-state index contributed by atoms with van der Waals surface area (Å²) in [6.45, 7) is 11.7. The minimum absolute atomic E-state index is 0.00515. The third-order valence-electron chi connectivity index (χ3n) is 11.3. The van der Waals surface area contributed by atoms with E-state index in [1.54, 1.807) is 29.5 Å². The van der Waals surface area contributed by atoms with Crippen LogP contribution in [0.3, 0.4) is 0 Å². The number of rotatable bonds is 13.